The molecule has 2 fully saturated rings. The maximum absolute atomic E-state index is 6.21. The van der Waals surface area contributed by atoms with Crippen LogP contribution in [-0.2, 0) is 0 Å². The molecular formula is C18H22IN3S. The van der Waals surface area contributed by atoms with Crippen LogP contribution in [0.15, 0.2) is 47.5 Å². The van der Waals surface area contributed by atoms with Gasteiger partial charge in [-0.15, -0.1) is 24.0 Å². The van der Waals surface area contributed by atoms with Crippen molar-refractivity contribution in [2.24, 2.45) is 10.7 Å². The summed E-state index contributed by atoms with van der Waals surface area (Å²) < 4.78 is 0. The molecule has 2 aliphatic rings. The Hall–Kier alpha value is -0.950. The molecule has 122 valence electrons. The summed E-state index contributed by atoms with van der Waals surface area (Å²) in [4.78, 5) is 7.02. The van der Waals surface area contributed by atoms with E-state index in [4.69, 9.17) is 10.7 Å². The SMILES string of the molecule is I.NC(=N[C@@H]1C[C@H]1c1cccc2ccccc12)N1CCSCC1. The number of rotatable bonds is 2. The molecule has 1 aliphatic carbocycles. The number of thioether (sulfide) groups is 1. The Balaban J connectivity index is 0.00000156. The number of nitrogens with two attached hydrogens (primary N) is 1. The van der Waals surface area contributed by atoms with Gasteiger partial charge in [0.05, 0.1) is 6.04 Å². The lowest BCUT2D eigenvalue weighted by molar-refractivity contribution is 0.455. The van der Waals surface area contributed by atoms with E-state index in [0.29, 0.717) is 12.0 Å². The molecule has 1 saturated carbocycles. The van der Waals surface area contributed by atoms with Gasteiger partial charge in [0.25, 0.3) is 0 Å². The summed E-state index contributed by atoms with van der Waals surface area (Å²) in [5, 5.41) is 2.68. The van der Waals surface area contributed by atoms with Gasteiger partial charge < -0.3 is 10.6 Å². The average Bonchev–Trinajstić information content (AvgIpc) is 3.34. The lowest BCUT2D eigenvalue weighted by Crippen LogP contribution is -2.42. The summed E-state index contributed by atoms with van der Waals surface area (Å²) in [6, 6.07) is 15.6. The monoisotopic (exact) mass is 439 g/mol. The quantitative estimate of drug-likeness (QED) is 0.441. The molecule has 23 heavy (non-hydrogen) atoms. The lowest BCUT2D eigenvalue weighted by Gasteiger charge is -2.27. The second-order valence-corrected chi connectivity index (χ2v) is 7.29. The zero-order valence-electron chi connectivity index (χ0n) is 13.0. The van der Waals surface area contributed by atoms with Gasteiger partial charge in [-0.3, -0.25) is 0 Å². The van der Waals surface area contributed by atoms with Crippen molar-refractivity contribution in [2.75, 3.05) is 24.6 Å². The van der Waals surface area contributed by atoms with Crippen LogP contribution in [0.1, 0.15) is 17.9 Å². The number of hydrogen-bond donors (Lipinski definition) is 1. The molecule has 0 aromatic heterocycles. The standard InChI is InChI=1S/C18H21N3S.HI/c19-18(21-8-10-22-11-9-21)20-17-12-16(17)15-7-3-5-13-4-1-2-6-14(13)15;/h1-7,16-17H,8-12H2,(H2,19,20);1H/t16-,17+;/m0./s1. The van der Waals surface area contributed by atoms with E-state index >= 15 is 0 Å². The van der Waals surface area contributed by atoms with Crippen molar-refractivity contribution in [2.45, 2.75) is 18.4 Å². The maximum atomic E-state index is 6.21. The van der Waals surface area contributed by atoms with Crippen molar-refractivity contribution in [3.8, 4) is 0 Å². The Bertz CT molecular complexity index is 707. The molecule has 2 atom stereocenters. The van der Waals surface area contributed by atoms with Gasteiger partial charge in [-0.05, 0) is 22.8 Å². The molecule has 2 N–H and O–H groups in total. The molecule has 0 amide bonds. The normalized spacial score (nSPS) is 24.3. The van der Waals surface area contributed by atoms with Gasteiger partial charge in [0.15, 0.2) is 5.96 Å². The van der Waals surface area contributed by atoms with Crippen LogP contribution >= 0.6 is 35.7 Å². The van der Waals surface area contributed by atoms with Gasteiger partial charge in [0.2, 0.25) is 0 Å². The molecule has 1 heterocycles. The summed E-state index contributed by atoms with van der Waals surface area (Å²) in [6.07, 6.45) is 1.12. The van der Waals surface area contributed by atoms with E-state index in [1.54, 1.807) is 0 Å². The third-order valence-electron chi connectivity index (χ3n) is 4.61. The first-order chi connectivity index (χ1) is 10.8. The number of nitrogens with zero attached hydrogens (tertiary/aromatic N) is 2. The third kappa shape index (κ3) is 3.60. The van der Waals surface area contributed by atoms with Crippen molar-refractivity contribution < 1.29 is 0 Å². The Morgan fingerprint density at radius 1 is 1.09 bits per heavy atom. The smallest absolute Gasteiger partial charge is 0.191 e. The topological polar surface area (TPSA) is 41.6 Å². The minimum Gasteiger partial charge on any atom is -0.370 e. The highest BCUT2D eigenvalue weighted by molar-refractivity contribution is 14.0. The molecule has 1 aliphatic heterocycles. The van der Waals surface area contributed by atoms with Gasteiger partial charge in [-0.25, -0.2) is 4.99 Å². The summed E-state index contributed by atoms with van der Waals surface area (Å²) in [5.74, 6) is 3.60. The summed E-state index contributed by atoms with van der Waals surface area (Å²) in [7, 11) is 0. The highest BCUT2D eigenvalue weighted by atomic mass is 127. The fourth-order valence-electron chi connectivity index (χ4n) is 3.28. The third-order valence-corrected chi connectivity index (χ3v) is 5.56. The van der Waals surface area contributed by atoms with E-state index < -0.39 is 0 Å². The van der Waals surface area contributed by atoms with Crippen molar-refractivity contribution in [1.29, 1.82) is 0 Å². The first kappa shape index (κ1) is 16.9. The molecule has 4 rings (SSSR count). The first-order valence-electron chi connectivity index (χ1n) is 7.96. The van der Waals surface area contributed by atoms with E-state index in [1.807, 2.05) is 11.8 Å². The lowest BCUT2D eigenvalue weighted by atomic mass is 10.0. The van der Waals surface area contributed by atoms with Crippen molar-refractivity contribution in [3.63, 3.8) is 0 Å². The van der Waals surface area contributed by atoms with E-state index in [2.05, 4.69) is 47.4 Å². The second kappa shape index (κ2) is 7.30. The molecule has 1 saturated heterocycles. The highest BCUT2D eigenvalue weighted by Crippen LogP contribution is 2.46. The molecule has 0 bridgehead atoms. The second-order valence-electron chi connectivity index (χ2n) is 6.06. The fraction of sp³-hybridized carbons (Fsp3) is 0.389. The molecule has 3 nitrogen and oxygen atoms in total. The molecule has 0 radical (unpaired) electrons. The average molecular weight is 439 g/mol. The summed E-state index contributed by atoms with van der Waals surface area (Å²) in [5.41, 5.74) is 7.63. The maximum Gasteiger partial charge on any atom is 0.191 e. The number of benzene rings is 2. The molecule has 2 aromatic carbocycles. The zero-order valence-corrected chi connectivity index (χ0v) is 16.2. The van der Waals surface area contributed by atoms with Crippen molar-refractivity contribution in [1.82, 2.24) is 4.90 Å². The van der Waals surface area contributed by atoms with E-state index in [1.165, 1.54) is 16.3 Å². The first-order valence-corrected chi connectivity index (χ1v) is 9.12. The molecule has 5 heteroatoms. The highest BCUT2D eigenvalue weighted by Gasteiger charge is 2.39. The van der Waals surface area contributed by atoms with Gasteiger partial charge in [-0.2, -0.15) is 11.8 Å². The van der Waals surface area contributed by atoms with Crippen LogP contribution in [0.3, 0.4) is 0 Å². The van der Waals surface area contributed by atoms with Gasteiger partial charge in [0, 0.05) is 30.5 Å². The van der Waals surface area contributed by atoms with Crippen LogP contribution in [0.5, 0.6) is 0 Å². The minimum atomic E-state index is 0. The van der Waals surface area contributed by atoms with Crippen LogP contribution in [0.2, 0.25) is 0 Å². The van der Waals surface area contributed by atoms with Crippen LogP contribution in [0.4, 0.5) is 0 Å². The van der Waals surface area contributed by atoms with Gasteiger partial charge in [-0.1, -0.05) is 42.5 Å². The number of halogens is 1. The predicted octanol–water partition coefficient (Wildman–Crippen LogP) is 3.68. The zero-order chi connectivity index (χ0) is 14.9. The number of fused-ring (bicyclic) bond motifs is 1. The molecule has 2 aromatic rings. The fourth-order valence-corrected chi connectivity index (χ4v) is 4.18. The molecular weight excluding hydrogens is 417 g/mol. The predicted molar refractivity (Wildman–Crippen MR) is 111 cm³/mol. The van der Waals surface area contributed by atoms with Crippen molar-refractivity contribution >= 4 is 52.5 Å². The van der Waals surface area contributed by atoms with Crippen LogP contribution < -0.4 is 5.73 Å². The number of guanidine groups is 1. The molecule has 0 spiro atoms. The van der Waals surface area contributed by atoms with Crippen molar-refractivity contribution in [3.05, 3.63) is 48.0 Å². The Morgan fingerprint density at radius 2 is 1.83 bits per heavy atom. The van der Waals surface area contributed by atoms with Crippen LogP contribution in [0.25, 0.3) is 10.8 Å². The summed E-state index contributed by atoms with van der Waals surface area (Å²) in [6.45, 7) is 2.07. The number of hydrogen-bond acceptors (Lipinski definition) is 2. The van der Waals surface area contributed by atoms with E-state index in [9.17, 15) is 0 Å². The number of aliphatic imine (C=N–C) groups is 1. The Kier molecular flexibility index (Phi) is 5.36. The Labute approximate surface area is 158 Å². The molecule has 0 unspecified atom stereocenters. The van der Waals surface area contributed by atoms with E-state index in [0.717, 1.165) is 37.0 Å². The summed E-state index contributed by atoms with van der Waals surface area (Å²) >= 11 is 2.00. The minimum absolute atomic E-state index is 0. The van der Waals surface area contributed by atoms with Gasteiger partial charge >= 0.3 is 0 Å². The van der Waals surface area contributed by atoms with Crippen LogP contribution in [-0.4, -0.2) is 41.5 Å². The van der Waals surface area contributed by atoms with Crippen LogP contribution in [0, 0.1) is 0 Å². The largest absolute Gasteiger partial charge is 0.370 e. The van der Waals surface area contributed by atoms with Gasteiger partial charge in [0.1, 0.15) is 0 Å². The Morgan fingerprint density at radius 3 is 2.65 bits per heavy atom. The van der Waals surface area contributed by atoms with E-state index in [-0.39, 0.29) is 24.0 Å².